The Hall–Kier alpha value is -4.45. The number of benzene rings is 2. The number of fused-ring (bicyclic) bond motifs is 3. The van der Waals surface area contributed by atoms with Crippen LogP contribution in [0.3, 0.4) is 0 Å². The molecule has 0 spiro atoms. The number of phenolic OH excluding ortho intramolecular Hbond substituents is 1. The van der Waals surface area contributed by atoms with Gasteiger partial charge in [-0.1, -0.05) is 11.8 Å². The van der Waals surface area contributed by atoms with Gasteiger partial charge in [-0.05, 0) is 60.6 Å². The Kier molecular flexibility index (Phi) is 6.06. The largest absolute Gasteiger partial charge is 0.506 e. The normalized spacial score (nSPS) is 26.0. The number of amides is 1. The van der Waals surface area contributed by atoms with Crippen LogP contribution in [0, 0.1) is 41.4 Å². The van der Waals surface area contributed by atoms with Gasteiger partial charge < -0.3 is 21.5 Å². The number of primary amides is 1. The average molecular weight is 514 g/mol. The van der Waals surface area contributed by atoms with Crippen molar-refractivity contribution in [1.82, 2.24) is 0 Å². The van der Waals surface area contributed by atoms with Crippen molar-refractivity contribution in [2.24, 2.45) is 35.3 Å². The van der Waals surface area contributed by atoms with Gasteiger partial charge in [-0.2, -0.15) is 0 Å². The van der Waals surface area contributed by atoms with E-state index in [1.807, 2.05) is 19.0 Å². The summed E-state index contributed by atoms with van der Waals surface area (Å²) in [4.78, 5) is 66.6. The zero-order valence-electron chi connectivity index (χ0n) is 21.0. The van der Waals surface area contributed by atoms with Crippen LogP contribution in [0.15, 0.2) is 30.3 Å². The molecular formula is C29H27N3O6. The highest BCUT2D eigenvalue weighted by molar-refractivity contribution is 6.27. The molecule has 0 saturated heterocycles. The second-order valence-electron chi connectivity index (χ2n) is 10.5. The summed E-state index contributed by atoms with van der Waals surface area (Å²) in [7, 11) is 3.62. The van der Waals surface area contributed by atoms with E-state index in [1.54, 1.807) is 30.3 Å². The van der Waals surface area contributed by atoms with E-state index < -0.39 is 58.6 Å². The Morgan fingerprint density at radius 1 is 0.974 bits per heavy atom. The molecule has 194 valence electrons. The summed E-state index contributed by atoms with van der Waals surface area (Å²) in [5.41, 5.74) is 13.8. The molecule has 5 atom stereocenters. The lowest BCUT2D eigenvalue weighted by Gasteiger charge is -2.44. The van der Waals surface area contributed by atoms with Crippen molar-refractivity contribution in [3.8, 4) is 17.6 Å². The quantitative estimate of drug-likeness (QED) is 0.307. The summed E-state index contributed by atoms with van der Waals surface area (Å²) in [6.45, 7) is 0. The SMILES string of the molecule is CN(C)c1cc(C#Cc2ccc(N)cc2)c(O)c2c1CC1CC3CC(=O)C(C(N)=O)C(=O)C3C(=O)C1C2=O. The number of Topliss-reactive ketones (excluding diaryl/α,β-unsaturated/α-hetero) is 4. The highest BCUT2D eigenvalue weighted by Gasteiger charge is 2.57. The highest BCUT2D eigenvalue weighted by Crippen LogP contribution is 2.50. The van der Waals surface area contributed by atoms with Gasteiger partial charge in [0.1, 0.15) is 5.75 Å². The maximum atomic E-state index is 13.9. The molecule has 0 radical (unpaired) electrons. The number of aromatic hydroxyl groups is 1. The minimum Gasteiger partial charge on any atom is -0.506 e. The Morgan fingerprint density at radius 3 is 2.26 bits per heavy atom. The number of ketones is 4. The van der Waals surface area contributed by atoms with Crippen LogP contribution >= 0.6 is 0 Å². The highest BCUT2D eigenvalue weighted by atomic mass is 16.3. The van der Waals surface area contributed by atoms with Gasteiger partial charge in [-0.3, -0.25) is 24.0 Å². The van der Waals surface area contributed by atoms with Gasteiger partial charge in [0.25, 0.3) is 0 Å². The molecule has 2 aromatic rings. The third kappa shape index (κ3) is 3.93. The van der Waals surface area contributed by atoms with Gasteiger partial charge in [0.2, 0.25) is 5.91 Å². The first kappa shape index (κ1) is 25.2. The minimum absolute atomic E-state index is 0.0247. The molecule has 0 aliphatic heterocycles. The molecule has 0 aromatic heterocycles. The molecule has 9 heteroatoms. The Balaban J connectivity index is 1.58. The van der Waals surface area contributed by atoms with E-state index >= 15 is 0 Å². The molecule has 3 aliphatic rings. The average Bonchev–Trinajstić information content (AvgIpc) is 2.83. The smallest absolute Gasteiger partial charge is 0.235 e. The molecular weight excluding hydrogens is 486 g/mol. The number of carbonyl (C=O) groups excluding carboxylic acids is 5. The summed E-state index contributed by atoms with van der Waals surface area (Å²) >= 11 is 0. The predicted molar refractivity (Wildman–Crippen MR) is 138 cm³/mol. The van der Waals surface area contributed by atoms with Gasteiger partial charge in [0, 0.05) is 37.5 Å². The molecule has 2 saturated carbocycles. The number of anilines is 2. The van der Waals surface area contributed by atoms with Crippen LogP contribution in [-0.2, 0) is 25.6 Å². The van der Waals surface area contributed by atoms with E-state index in [1.165, 1.54) is 0 Å². The van der Waals surface area contributed by atoms with Crippen LogP contribution in [0.5, 0.6) is 5.75 Å². The molecule has 2 aromatic carbocycles. The molecule has 1 amide bonds. The van der Waals surface area contributed by atoms with E-state index in [4.69, 9.17) is 11.5 Å². The van der Waals surface area contributed by atoms with E-state index in [2.05, 4.69) is 11.8 Å². The molecule has 38 heavy (non-hydrogen) atoms. The van der Waals surface area contributed by atoms with Gasteiger partial charge >= 0.3 is 0 Å². The van der Waals surface area contributed by atoms with E-state index in [0.717, 1.165) is 0 Å². The van der Waals surface area contributed by atoms with Crippen molar-refractivity contribution >= 4 is 40.4 Å². The molecule has 5 rings (SSSR count). The standard InChI is InChI=1S/C29H27N3O6/c1-32(2)19-11-14(6-3-13-4-7-17(30)8-5-13)25(34)23-18(19)10-15-9-16-12-20(33)24(29(31)38)28(37)22(16)26(35)21(15)27(23)36/h4-5,7-8,11,15-16,21-22,24,34H,9-10,12,30H2,1-2H3,(H2,31,38). The Labute approximate surface area is 219 Å². The van der Waals surface area contributed by atoms with E-state index in [0.29, 0.717) is 35.3 Å². The van der Waals surface area contributed by atoms with Crippen molar-refractivity contribution in [3.05, 3.63) is 52.6 Å². The third-order valence-electron chi connectivity index (χ3n) is 7.94. The fourth-order valence-electron chi connectivity index (χ4n) is 6.24. The zero-order chi connectivity index (χ0) is 27.5. The van der Waals surface area contributed by atoms with Crippen LogP contribution in [0.25, 0.3) is 0 Å². The van der Waals surface area contributed by atoms with Crippen LogP contribution in [0.4, 0.5) is 11.4 Å². The van der Waals surface area contributed by atoms with Crippen molar-refractivity contribution in [1.29, 1.82) is 0 Å². The summed E-state index contributed by atoms with van der Waals surface area (Å²) in [6, 6.07) is 8.60. The number of nitrogens with two attached hydrogens (primary N) is 2. The van der Waals surface area contributed by atoms with Gasteiger partial charge in [-0.25, -0.2) is 0 Å². The number of carbonyl (C=O) groups is 5. The zero-order valence-corrected chi connectivity index (χ0v) is 21.0. The number of phenols is 1. The maximum absolute atomic E-state index is 13.9. The van der Waals surface area contributed by atoms with E-state index in [-0.39, 0.29) is 23.3 Å². The lowest BCUT2D eigenvalue weighted by atomic mass is 9.56. The number of hydrogen-bond donors (Lipinski definition) is 3. The third-order valence-corrected chi connectivity index (χ3v) is 7.94. The molecule has 0 bridgehead atoms. The number of rotatable bonds is 2. The van der Waals surface area contributed by atoms with Crippen LogP contribution in [0.1, 0.15) is 39.9 Å². The molecule has 0 heterocycles. The van der Waals surface area contributed by atoms with Crippen molar-refractivity contribution < 1.29 is 29.1 Å². The van der Waals surface area contributed by atoms with Crippen molar-refractivity contribution in [2.75, 3.05) is 24.7 Å². The molecule has 5 N–H and O–H groups in total. The van der Waals surface area contributed by atoms with Crippen LogP contribution in [0.2, 0.25) is 0 Å². The maximum Gasteiger partial charge on any atom is 0.235 e. The topological polar surface area (TPSA) is 161 Å². The summed E-state index contributed by atoms with van der Waals surface area (Å²) in [6.07, 6.45) is 0.516. The van der Waals surface area contributed by atoms with E-state index in [9.17, 15) is 29.1 Å². The van der Waals surface area contributed by atoms with Crippen LogP contribution < -0.4 is 16.4 Å². The number of hydrogen-bond acceptors (Lipinski definition) is 8. The second-order valence-corrected chi connectivity index (χ2v) is 10.5. The molecule has 3 aliphatic carbocycles. The Morgan fingerprint density at radius 2 is 1.63 bits per heavy atom. The number of nitrogens with zero attached hydrogens (tertiary/aromatic N) is 1. The molecule has 9 nitrogen and oxygen atoms in total. The fourth-order valence-corrected chi connectivity index (χ4v) is 6.24. The number of nitrogen functional groups attached to an aromatic ring is 1. The van der Waals surface area contributed by atoms with Gasteiger partial charge in [0.15, 0.2) is 29.1 Å². The summed E-state index contributed by atoms with van der Waals surface area (Å²) in [5.74, 6) is -3.13. The first-order valence-electron chi connectivity index (χ1n) is 12.4. The van der Waals surface area contributed by atoms with Crippen LogP contribution in [-0.4, -0.2) is 48.2 Å². The fraction of sp³-hybridized carbons (Fsp3) is 0.345. The minimum atomic E-state index is -1.66. The molecule has 5 unspecified atom stereocenters. The molecule has 2 fully saturated rings. The summed E-state index contributed by atoms with van der Waals surface area (Å²) in [5, 5.41) is 11.2. The lowest BCUT2D eigenvalue weighted by molar-refractivity contribution is -0.152. The second kappa shape index (κ2) is 9.14. The Bertz CT molecular complexity index is 1480. The predicted octanol–water partition coefficient (Wildman–Crippen LogP) is 1.26. The van der Waals surface area contributed by atoms with Crippen molar-refractivity contribution in [2.45, 2.75) is 19.3 Å². The van der Waals surface area contributed by atoms with Gasteiger partial charge in [0.05, 0.1) is 23.0 Å². The van der Waals surface area contributed by atoms with Gasteiger partial charge in [-0.15, -0.1) is 0 Å². The summed E-state index contributed by atoms with van der Waals surface area (Å²) < 4.78 is 0. The van der Waals surface area contributed by atoms with Crippen molar-refractivity contribution in [3.63, 3.8) is 0 Å². The monoisotopic (exact) mass is 513 g/mol. The lowest BCUT2D eigenvalue weighted by Crippen LogP contribution is -2.56. The first-order chi connectivity index (χ1) is 18.0. The first-order valence-corrected chi connectivity index (χ1v) is 12.4.